The Balaban J connectivity index is 2.86. The highest BCUT2D eigenvalue weighted by Gasteiger charge is 2.27. The first-order valence-corrected chi connectivity index (χ1v) is 8.84. The van der Waals surface area contributed by atoms with E-state index in [1.165, 1.54) is 0 Å². The van der Waals surface area contributed by atoms with E-state index in [0.29, 0.717) is 5.69 Å². The summed E-state index contributed by atoms with van der Waals surface area (Å²) in [4.78, 5) is 24.6. The molecule has 1 unspecified atom stereocenters. The van der Waals surface area contributed by atoms with Crippen LogP contribution in [0.3, 0.4) is 0 Å². The summed E-state index contributed by atoms with van der Waals surface area (Å²) in [6, 6.07) is 4.77. The molecular formula is C20H32N2O4. The van der Waals surface area contributed by atoms with Gasteiger partial charge in [-0.25, -0.2) is 4.79 Å². The van der Waals surface area contributed by atoms with Gasteiger partial charge in [-0.15, -0.1) is 0 Å². The number of carbonyl (C=O) groups excluding carboxylic acids is 2. The number of nitrogen functional groups attached to an aromatic ring is 1. The van der Waals surface area contributed by atoms with Crippen LogP contribution in [0.2, 0.25) is 0 Å². The highest BCUT2D eigenvalue weighted by atomic mass is 16.6. The van der Waals surface area contributed by atoms with Gasteiger partial charge in [0, 0.05) is 17.8 Å². The third-order valence-electron chi connectivity index (χ3n) is 3.36. The average molecular weight is 364 g/mol. The number of nitrogens with one attached hydrogen (secondary N) is 1. The zero-order valence-corrected chi connectivity index (χ0v) is 16.9. The average Bonchev–Trinajstić information content (AvgIpc) is 2.43. The van der Waals surface area contributed by atoms with Crippen molar-refractivity contribution in [3.05, 3.63) is 23.8 Å². The molecule has 0 aliphatic rings. The van der Waals surface area contributed by atoms with Crippen LogP contribution in [0.4, 0.5) is 11.4 Å². The molecular weight excluding hydrogens is 332 g/mol. The predicted molar refractivity (Wildman–Crippen MR) is 104 cm³/mol. The smallest absolute Gasteiger partial charge is 0.329 e. The first-order chi connectivity index (χ1) is 11.8. The molecule has 1 rings (SSSR count). The number of anilines is 2. The number of ether oxygens (including phenoxy) is 2. The van der Waals surface area contributed by atoms with Crippen molar-refractivity contribution in [2.24, 2.45) is 0 Å². The maximum Gasteiger partial charge on any atom is 0.329 e. The lowest BCUT2D eigenvalue weighted by Crippen LogP contribution is -2.37. The van der Waals surface area contributed by atoms with E-state index >= 15 is 0 Å². The van der Waals surface area contributed by atoms with Crippen LogP contribution in [-0.4, -0.2) is 29.2 Å². The van der Waals surface area contributed by atoms with Crippen molar-refractivity contribution in [1.82, 2.24) is 0 Å². The molecule has 0 saturated carbocycles. The second-order valence-corrected chi connectivity index (χ2v) is 8.43. The van der Waals surface area contributed by atoms with E-state index in [2.05, 4.69) is 5.32 Å². The molecule has 0 aliphatic heterocycles. The lowest BCUT2D eigenvalue weighted by molar-refractivity contribution is -0.157. The fourth-order valence-corrected chi connectivity index (χ4v) is 2.24. The molecule has 146 valence electrons. The van der Waals surface area contributed by atoms with E-state index in [4.69, 9.17) is 15.2 Å². The van der Waals surface area contributed by atoms with E-state index in [1.54, 1.807) is 12.1 Å². The van der Waals surface area contributed by atoms with Crippen LogP contribution in [0, 0.1) is 6.92 Å². The minimum absolute atomic E-state index is 0.113. The van der Waals surface area contributed by atoms with E-state index in [0.717, 1.165) is 11.3 Å². The molecule has 26 heavy (non-hydrogen) atoms. The summed E-state index contributed by atoms with van der Waals surface area (Å²) in [7, 11) is 0. The molecule has 0 aliphatic carbocycles. The number of rotatable bonds is 6. The number of esters is 2. The molecule has 3 N–H and O–H groups in total. The lowest BCUT2D eigenvalue weighted by atomic mass is 10.1. The van der Waals surface area contributed by atoms with Gasteiger partial charge in [0.2, 0.25) is 0 Å². The van der Waals surface area contributed by atoms with Crippen LogP contribution in [0.25, 0.3) is 0 Å². The predicted octanol–water partition coefficient (Wildman–Crippen LogP) is 3.82. The second kappa shape index (κ2) is 8.43. The van der Waals surface area contributed by atoms with Gasteiger partial charge in [0.05, 0.1) is 0 Å². The van der Waals surface area contributed by atoms with Crippen LogP contribution < -0.4 is 11.1 Å². The summed E-state index contributed by atoms with van der Waals surface area (Å²) in [5.41, 5.74) is 7.01. The number of benzene rings is 1. The van der Waals surface area contributed by atoms with Crippen molar-refractivity contribution in [3.8, 4) is 0 Å². The molecule has 0 bridgehead atoms. The zero-order valence-electron chi connectivity index (χ0n) is 16.9. The van der Waals surface area contributed by atoms with Gasteiger partial charge >= 0.3 is 11.9 Å². The van der Waals surface area contributed by atoms with Gasteiger partial charge in [-0.1, -0.05) is 0 Å². The first-order valence-electron chi connectivity index (χ1n) is 8.84. The van der Waals surface area contributed by atoms with E-state index in [9.17, 15) is 9.59 Å². The summed E-state index contributed by atoms with van der Waals surface area (Å²) < 4.78 is 10.8. The number of aryl methyl sites for hydroxylation is 1. The van der Waals surface area contributed by atoms with Gasteiger partial charge in [-0.2, -0.15) is 0 Å². The van der Waals surface area contributed by atoms with Crippen LogP contribution in [-0.2, 0) is 19.1 Å². The van der Waals surface area contributed by atoms with Gasteiger partial charge in [0.15, 0.2) is 0 Å². The highest BCUT2D eigenvalue weighted by Crippen LogP contribution is 2.20. The highest BCUT2D eigenvalue weighted by molar-refractivity contribution is 5.81. The SMILES string of the molecule is Cc1cc(NC(CCC(=O)OC(C)(C)C)C(=O)OC(C)(C)C)ccc1N. The Morgan fingerprint density at radius 2 is 1.65 bits per heavy atom. The van der Waals surface area contributed by atoms with Crippen molar-refractivity contribution in [2.45, 2.75) is 78.6 Å². The molecule has 0 amide bonds. The van der Waals surface area contributed by atoms with E-state index < -0.39 is 23.2 Å². The second-order valence-electron chi connectivity index (χ2n) is 8.43. The normalized spacial score (nSPS) is 13.0. The molecule has 1 aromatic carbocycles. The molecule has 1 aromatic rings. The lowest BCUT2D eigenvalue weighted by Gasteiger charge is -2.26. The first kappa shape index (κ1) is 21.8. The topological polar surface area (TPSA) is 90.6 Å². The van der Waals surface area contributed by atoms with Gasteiger partial charge in [-0.3, -0.25) is 4.79 Å². The Labute approximate surface area is 156 Å². The molecule has 0 fully saturated rings. The monoisotopic (exact) mass is 364 g/mol. The third kappa shape index (κ3) is 8.23. The Hall–Kier alpha value is -2.24. The minimum atomic E-state index is -0.662. The van der Waals surface area contributed by atoms with Crippen molar-refractivity contribution < 1.29 is 19.1 Å². The number of carbonyl (C=O) groups is 2. The fourth-order valence-electron chi connectivity index (χ4n) is 2.24. The largest absolute Gasteiger partial charge is 0.460 e. The van der Waals surface area contributed by atoms with E-state index in [-0.39, 0.29) is 18.8 Å². The van der Waals surface area contributed by atoms with Crippen LogP contribution in [0.1, 0.15) is 59.9 Å². The van der Waals surface area contributed by atoms with Crippen LogP contribution in [0.5, 0.6) is 0 Å². The summed E-state index contributed by atoms with van der Waals surface area (Å²) in [6.45, 7) is 12.8. The molecule has 1 atom stereocenters. The van der Waals surface area contributed by atoms with Gasteiger partial charge in [0.25, 0.3) is 0 Å². The van der Waals surface area contributed by atoms with Crippen molar-refractivity contribution in [3.63, 3.8) is 0 Å². The van der Waals surface area contributed by atoms with Gasteiger partial charge in [-0.05, 0) is 78.6 Å². The molecule has 0 saturated heterocycles. The standard InChI is InChI=1S/C20H32N2O4/c1-13-12-14(8-9-15(13)21)22-16(18(24)26-20(5,6)7)10-11-17(23)25-19(2,3)4/h8-9,12,16,22H,10-11,21H2,1-7H3. The maximum absolute atomic E-state index is 12.6. The third-order valence-corrected chi connectivity index (χ3v) is 3.36. The van der Waals surface area contributed by atoms with Crippen molar-refractivity contribution >= 4 is 23.3 Å². The molecule has 6 heteroatoms. The molecule has 6 nitrogen and oxygen atoms in total. The Morgan fingerprint density at radius 1 is 1.08 bits per heavy atom. The maximum atomic E-state index is 12.6. The quantitative estimate of drug-likeness (QED) is 0.589. The number of hydrogen-bond donors (Lipinski definition) is 2. The summed E-state index contributed by atoms with van der Waals surface area (Å²) in [6.07, 6.45) is 0.384. The molecule has 0 radical (unpaired) electrons. The van der Waals surface area contributed by atoms with Crippen LogP contribution >= 0.6 is 0 Å². The fraction of sp³-hybridized carbons (Fsp3) is 0.600. The van der Waals surface area contributed by atoms with Crippen LogP contribution in [0.15, 0.2) is 18.2 Å². The van der Waals surface area contributed by atoms with Gasteiger partial charge in [0.1, 0.15) is 17.2 Å². The molecule has 0 spiro atoms. The summed E-state index contributed by atoms with van der Waals surface area (Å²) >= 11 is 0. The Bertz CT molecular complexity index is 642. The van der Waals surface area contributed by atoms with Crippen molar-refractivity contribution in [1.29, 1.82) is 0 Å². The summed E-state index contributed by atoms with van der Waals surface area (Å²) in [5, 5.41) is 3.15. The Morgan fingerprint density at radius 3 is 2.15 bits per heavy atom. The zero-order chi connectivity index (χ0) is 20.1. The molecule has 0 heterocycles. The summed E-state index contributed by atoms with van der Waals surface area (Å²) in [5.74, 6) is -0.753. The minimum Gasteiger partial charge on any atom is -0.460 e. The molecule has 0 aromatic heterocycles. The van der Waals surface area contributed by atoms with E-state index in [1.807, 2.05) is 54.5 Å². The Kier molecular flexibility index (Phi) is 7.07. The van der Waals surface area contributed by atoms with Gasteiger partial charge < -0.3 is 20.5 Å². The number of hydrogen-bond acceptors (Lipinski definition) is 6. The number of nitrogens with two attached hydrogens (primary N) is 1. The van der Waals surface area contributed by atoms with Crippen molar-refractivity contribution in [2.75, 3.05) is 11.1 Å².